The number of benzene rings is 1. The molecule has 0 fully saturated rings. The summed E-state index contributed by atoms with van der Waals surface area (Å²) in [5.74, 6) is -4.77. The first-order valence-electron chi connectivity index (χ1n) is 5.37. The van der Waals surface area contributed by atoms with Gasteiger partial charge in [0.1, 0.15) is 6.04 Å². The molecular weight excluding hydrogens is 253 g/mol. The number of rotatable bonds is 3. The summed E-state index contributed by atoms with van der Waals surface area (Å²) < 4.78 is 62.5. The van der Waals surface area contributed by atoms with Gasteiger partial charge in [0.15, 0.2) is 0 Å². The number of hydrogen-bond acceptors (Lipinski definition) is 1. The van der Waals surface area contributed by atoms with Crippen LogP contribution in [-0.4, -0.2) is 12.1 Å². The lowest BCUT2D eigenvalue weighted by Crippen LogP contribution is -2.45. The molecule has 0 saturated carbocycles. The van der Waals surface area contributed by atoms with Crippen LogP contribution in [0, 0.1) is 0 Å². The molecule has 0 heterocycles. The molecule has 1 nitrogen and oxygen atoms in total. The highest BCUT2D eigenvalue weighted by Gasteiger charge is 2.61. The Labute approximate surface area is 102 Å². The zero-order chi connectivity index (χ0) is 14.1. The Morgan fingerprint density at radius 2 is 1.28 bits per heavy atom. The summed E-state index contributed by atoms with van der Waals surface area (Å²) in [7, 11) is 0. The van der Waals surface area contributed by atoms with E-state index in [0.717, 1.165) is 5.56 Å². The van der Waals surface area contributed by atoms with E-state index in [2.05, 4.69) is 0 Å². The Balaban J connectivity index is 3.01. The zero-order valence-corrected chi connectivity index (χ0v) is 9.93. The molecule has 0 amide bonds. The van der Waals surface area contributed by atoms with Gasteiger partial charge in [-0.15, -0.1) is 0 Å². The van der Waals surface area contributed by atoms with E-state index < -0.39 is 18.1 Å². The highest BCUT2D eigenvalue weighted by molar-refractivity contribution is 5.28. The molecule has 1 atom stereocenters. The summed E-state index contributed by atoms with van der Waals surface area (Å²) in [6, 6.07) is 3.04. The molecule has 1 aromatic rings. The van der Waals surface area contributed by atoms with Gasteiger partial charge in [-0.2, -0.15) is 22.0 Å². The van der Waals surface area contributed by atoms with Crippen molar-refractivity contribution in [2.75, 3.05) is 0 Å². The first kappa shape index (κ1) is 14.9. The van der Waals surface area contributed by atoms with E-state index in [4.69, 9.17) is 5.73 Å². The van der Waals surface area contributed by atoms with Crippen molar-refractivity contribution in [2.24, 2.45) is 5.73 Å². The lowest BCUT2D eigenvalue weighted by molar-refractivity contribution is -0.291. The van der Waals surface area contributed by atoms with Crippen LogP contribution in [0.2, 0.25) is 0 Å². The van der Waals surface area contributed by atoms with Crippen molar-refractivity contribution in [1.82, 2.24) is 0 Å². The molecule has 0 spiro atoms. The summed E-state index contributed by atoms with van der Waals surface area (Å²) in [5.41, 5.74) is 5.63. The van der Waals surface area contributed by atoms with Crippen molar-refractivity contribution in [3.63, 3.8) is 0 Å². The Bertz CT molecular complexity index is 394. The molecule has 0 aromatic heterocycles. The zero-order valence-electron chi connectivity index (χ0n) is 9.93. The quantitative estimate of drug-likeness (QED) is 0.823. The van der Waals surface area contributed by atoms with E-state index in [1.165, 1.54) is 24.3 Å². The highest BCUT2D eigenvalue weighted by Crippen LogP contribution is 2.43. The molecule has 0 radical (unpaired) electrons. The van der Waals surface area contributed by atoms with E-state index in [0.29, 0.717) is 0 Å². The standard InChI is InChI=1S/C12H14F5N/c1-7(2)8-3-5-9(6-4-8)10(18)11(13,14)12(15,16)17/h3-7,10H,18H2,1-2H3/t10-/m1/s1. The third-order valence-corrected chi connectivity index (χ3v) is 2.73. The Kier molecular flexibility index (Phi) is 4.00. The van der Waals surface area contributed by atoms with Crippen LogP contribution in [0.5, 0.6) is 0 Å². The number of hydrogen-bond donors (Lipinski definition) is 1. The summed E-state index contributed by atoms with van der Waals surface area (Å²) in [5, 5.41) is 0. The summed E-state index contributed by atoms with van der Waals surface area (Å²) in [6.07, 6.45) is -5.65. The first-order chi connectivity index (χ1) is 8.07. The fraction of sp³-hybridized carbons (Fsp3) is 0.500. The van der Waals surface area contributed by atoms with E-state index in [-0.39, 0.29) is 11.5 Å². The lowest BCUT2D eigenvalue weighted by atomic mass is 9.96. The van der Waals surface area contributed by atoms with Gasteiger partial charge in [0.2, 0.25) is 0 Å². The van der Waals surface area contributed by atoms with Gasteiger partial charge < -0.3 is 5.73 Å². The number of halogens is 5. The van der Waals surface area contributed by atoms with Crippen molar-refractivity contribution >= 4 is 0 Å². The average molecular weight is 267 g/mol. The lowest BCUT2D eigenvalue weighted by Gasteiger charge is -2.26. The van der Waals surface area contributed by atoms with Crippen LogP contribution < -0.4 is 5.73 Å². The summed E-state index contributed by atoms with van der Waals surface area (Å²) >= 11 is 0. The Hall–Kier alpha value is -1.17. The van der Waals surface area contributed by atoms with Gasteiger partial charge in [-0.05, 0) is 17.0 Å². The molecule has 1 rings (SSSR count). The minimum atomic E-state index is -5.65. The predicted octanol–water partition coefficient (Wildman–Crippen LogP) is 4.01. The monoisotopic (exact) mass is 267 g/mol. The molecular formula is C12H14F5N. The smallest absolute Gasteiger partial charge is 0.319 e. The largest absolute Gasteiger partial charge is 0.455 e. The van der Waals surface area contributed by atoms with Crippen LogP contribution in [0.25, 0.3) is 0 Å². The first-order valence-corrected chi connectivity index (χ1v) is 5.37. The second kappa shape index (κ2) is 4.84. The SMILES string of the molecule is CC(C)c1ccc([C@@H](N)C(F)(F)C(F)(F)F)cc1. The Morgan fingerprint density at radius 3 is 1.61 bits per heavy atom. The van der Waals surface area contributed by atoms with Gasteiger partial charge in [-0.25, -0.2) is 0 Å². The molecule has 6 heteroatoms. The molecule has 0 bridgehead atoms. The predicted molar refractivity (Wildman–Crippen MR) is 58.5 cm³/mol. The van der Waals surface area contributed by atoms with Crippen LogP contribution in [0.15, 0.2) is 24.3 Å². The van der Waals surface area contributed by atoms with E-state index in [1.807, 2.05) is 13.8 Å². The van der Waals surface area contributed by atoms with Crippen LogP contribution in [0.4, 0.5) is 22.0 Å². The van der Waals surface area contributed by atoms with Gasteiger partial charge in [0.25, 0.3) is 0 Å². The fourth-order valence-corrected chi connectivity index (χ4v) is 1.47. The molecule has 0 aliphatic heterocycles. The van der Waals surface area contributed by atoms with Crippen molar-refractivity contribution < 1.29 is 22.0 Å². The third-order valence-electron chi connectivity index (χ3n) is 2.73. The minimum Gasteiger partial charge on any atom is -0.319 e. The van der Waals surface area contributed by atoms with E-state index >= 15 is 0 Å². The van der Waals surface area contributed by atoms with E-state index in [1.54, 1.807) is 0 Å². The average Bonchev–Trinajstić information content (AvgIpc) is 2.26. The molecule has 0 saturated heterocycles. The Morgan fingerprint density at radius 1 is 0.889 bits per heavy atom. The van der Waals surface area contributed by atoms with Gasteiger partial charge in [0, 0.05) is 0 Å². The van der Waals surface area contributed by atoms with Gasteiger partial charge in [0.05, 0.1) is 0 Å². The molecule has 102 valence electrons. The summed E-state index contributed by atoms with van der Waals surface area (Å²) in [4.78, 5) is 0. The number of alkyl halides is 5. The van der Waals surface area contributed by atoms with Crippen molar-refractivity contribution in [3.8, 4) is 0 Å². The van der Waals surface area contributed by atoms with Gasteiger partial charge in [-0.1, -0.05) is 38.1 Å². The maximum absolute atomic E-state index is 13.0. The maximum atomic E-state index is 13.0. The normalized spacial score (nSPS) is 14.9. The summed E-state index contributed by atoms with van der Waals surface area (Å²) in [6.45, 7) is 3.78. The maximum Gasteiger partial charge on any atom is 0.455 e. The topological polar surface area (TPSA) is 26.0 Å². The van der Waals surface area contributed by atoms with Crippen molar-refractivity contribution in [2.45, 2.75) is 37.9 Å². The van der Waals surface area contributed by atoms with Crippen LogP contribution >= 0.6 is 0 Å². The molecule has 0 aliphatic rings. The third kappa shape index (κ3) is 2.80. The number of nitrogens with two attached hydrogens (primary N) is 1. The van der Waals surface area contributed by atoms with Crippen molar-refractivity contribution in [3.05, 3.63) is 35.4 Å². The molecule has 18 heavy (non-hydrogen) atoms. The van der Waals surface area contributed by atoms with E-state index in [9.17, 15) is 22.0 Å². The molecule has 0 aliphatic carbocycles. The second-order valence-corrected chi connectivity index (χ2v) is 4.42. The fourth-order valence-electron chi connectivity index (χ4n) is 1.47. The molecule has 0 unspecified atom stereocenters. The minimum absolute atomic E-state index is 0.165. The highest BCUT2D eigenvalue weighted by atomic mass is 19.4. The second-order valence-electron chi connectivity index (χ2n) is 4.42. The van der Waals surface area contributed by atoms with Crippen LogP contribution in [0.3, 0.4) is 0 Å². The van der Waals surface area contributed by atoms with Crippen molar-refractivity contribution in [1.29, 1.82) is 0 Å². The van der Waals surface area contributed by atoms with Gasteiger partial charge >= 0.3 is 12.1 Å². The molecule has 2 N–H and O–H groups in total. The van der Waals surface area contributed by atoms with Crippen LogP contribution in [-0.2, 0) is 0 Å². The molecule has 1 aromatic carbocycles. The van der Waals surface area contributed by atoms with Gasteiger partial charge in [-0.3, -0.25) is 0 Å². The van der Waals surface area contributed by atoms with Crippen LogP contribution in [0.1, 0.15) is 36.9 Å².